The molecule has 0 fully saturated rings. The van der Waals surface area contributed by atoms with E-state index in [1.54, 1.807) is 30.8 Å². The largest absolute Gasteiger partial charge is 0.489 e. The van der Waals surface area contributed by atoms with E-state index in [-0.39, 0.29) is 11.6 Å². The van der Waals surface area contributed by atoms with Crippen LogP contribution in [0.3, 0.4) is 0 Å². The summed E-state index contributed by atoms with van der Waals surface area (Å²) in [5.41, 5.74) is 1.81. The van der Waals surface area contributed by atoms with Crippen LogP contribution in [-0.2, 0) is 7.05 Å². The lowest BCUT2D eigenvalue weighted by atomic mass is 10.2. The number of halogens is 1. The minimum atomic E-state index is -0.555. The van der Waals surface area contributed by atoms with Crippen molar-refractivity contribution in [2.24, 2.45) is 7.05 Å². The van der Waals surface area contributed by atoms with Crippen LogP contribution in [0, 0.1) is 17.0 Å². The maximum Gasteiger partial charge on any atom is 0.407 e. The lowest BCUT2D eigenvalue weighted by Gasteiger charge is -2.06. The van der Waals surface area contributed by atoms with Gasteiger partial charge >= 0.3 is 5.82 Å². The molecule has 2 aromatic rings. The van der Waals surface area contributed by atoms with Crippen molar-refractivity contribution in [2.45, 2.75) is 6.92 Å². The molecule has 19 heavy (non-hydrogen) atoms. The van der Waals surface area contributed by atoms with Gasteiger partial charge in [0.05, 0.1) is 7.11 Å². The molecule has 0 N–H and O–H groups in total. The lowest BCUT2D eigenvalue weighted by molar-refractivity contribution is -0.390. The van der Waals surface area contributed by atoms with Crippen LogP contribution in [0.4, 0.5) is 5.82 Å². The third-order valence-corrected chi connectivity index (χ3v) is 3.02. The van der Waals surface area contributed by atoms with Crippen molar-refractivity contribution >= 4 is 21.7 Å². The Morgan fingerprint density at radius 3 is 2.63 bits per heavy atom. The average Bonchev–Trinajstić information content (AvgIpc) is 2.67. The summed E-state index contributed by atoms with van der Waals surface area (Å²) in [6.07, 6.45) is 0. The van der Waals surface area contributed by atoms with Crippen LogP contribution in [0.2, 0.25) is 0 Å². The third kappa shape index (κ3) is 2.43. The van der Waals surface area contributed by atoms with Crippen molar-refractivity contribution in [3.8, 4) is 17.1 Å². The van der Waals surface area contributed by atoms with Gasteiger partial charge < -0.3 is 14.9 Å². The van der Waals surface area contributed by atoms with Crippen LogP contribution in [-0.4, -0.2) is 26.8 Å². The van der Waals surface area contributed by atoms with Gasteiger partial charge in [-0.25, -0.2) is 0 Å². The topological polar surface area (TPSA) is 83.1 Å². The quantitative estimate of drug-likeness (QED) is 0.639. The van der Waals surface area contributed by atoms with Gasteiger partial charge in [-0.3, -0.25) is 4.68 Å². The molecule has 0 bridgehead atoms. The summed E-state index contributed by atoms with van der Waals surface area (Å²) in [4.78, 5) is 14.5. The zero-order valence-corrected chi connectivity index (χ0v) is 12.1. The highest BCUT2D eigenvalue weighted by Gasteiger charge is 2.24. The number of pyridine rings is 1. The zero-order valence-electron chi connectivity index (χ0n) is 10.5. The highest BCUT2D eigenvalue weighted by molar-refractivity contribution is 9.10. The van der Waals surface area contributed by atoms with Crippen LogP contribution in [0.1, 0.15) is 5.56 Å². The van der Waals surface area contributed by atoms with E-state index >= 15 is 0 Å². The standard InChI is InChI=1S/C11H11BrN4O3/c1-6-4-7(8-5-9(12)14-15(8)2)13-11(16(17)18)10(6)19-3/h4-5H,1-3H3. The third-order valence-electron chi connectivity index (χ3n) is 2.63. The number of hydrogen-bond acceptors (Lipinski definition) is 5. The fourth-order valence-corrected chi connectivity index (χ4v) is 2.28. The van der Waals surface area contributed by atoms with Gasteiger partial charge in [-0.15, -0.1) is 0 Å². The zero-order chi connectivity index (χ0) is 14.2. The van der Waals surface area contributed by atoms with Gasteiger partial charge in [0, 0.05) is 18.7 Å². The molecule has 0 radical (unpaired) electrons. The molecule has 8 heteroatoms. The number of methoxy groups -OCH3 is 1. The molecule has 0 aliphatic rings. The molecule has 0 aromatic carbocycles. The van der Waals surface area contributed by atoms with Crippen molar-refractivity contribution in [2.75, 3.05) is 7.11 Å². The second-order valence-corrected chi connectivity index (χ2v) is 4.73. The molecule has 2 heterocycles. The van der Waals surface area contributed by atoms with Crippen molar-refractivity contribution < 1.29 is 9.66 Å². The average molecular weight is 327 g/mol. The second kappa shape index (κ2) is 4.96. The monoisotopic (exact) mass is 326 g/mol. The van der Waals surface area contributed by atoms with E-state index in [0.29, 0.717) is 21.6 Å². The van der Waals surface area contributed by atoms with E-state index < -0.39 is 4.92 Å². The molecule has 0 unspecified atom stereocenters. The highest BCUT2D eigenvalue weighted by atomic mass is 79.9. The van der Waals surface area contributed by atoms with Crippen LogP contribution in [0.15, 0.2) is 16.7 Å². The van der Waals surface area contributed by atoms with Crippen molar-refractivity contribution in [1.29, 1.82) is 0 Å². The van der Waals surface area contributed by atoms with Crippen LogP contribution >= 0.6 is 15.9 Å². The predicted octanol–water partition coefficient (Wildman–Crippen LogP) is 2.47. The molecule has 0 amide bonds. The molecule has 0 saturated carbocycles. The molecule has 2 aromatic heterocycles. The Morgan fingerprint density at radius 2 is 2.16 bits per heavy atom. The number of nitro groups is 1. The summed E-state index contributed by atoms with van der Waals surface area (Å²) in [6, 6.07) is 3.48. The summed E-state index contributed by atoms with van der Waals surface area (Å²) in [6.45, 7) is 1.74. The van der Waals surface area contributed by atoms with E-state index in [2.05, 4.69) is 26.0 Å². The van der Waals surface area contributed by atoms with Crippen LogP contribution in [0.25, 0.3) is 11.4 Å². The number of aryl methyl sites for hydroxylation is 2. The Hall–Kier alpha value is -1.96. The SMILES string of the molecule is COc1c(C)cc(-c2cc(Br)nn2C)nc1[N+](=O)[O-]. The number of ether oxygens (including phenoxy) is 1. The first-order valence-electron chi connectivity index (χ1n) is 5.34. The summed E-state index contributed by atoms with van der Waals surface area (Å²) < 4.78 is 7.27. The predicted molar refractivity (Wildman–Crippen MR) is 72.1 cm³/mol. The summed E-state index contributed by atoms with van der Waals surface area (Å²) in [7, 11) is 3.13. The normalized spacial score (nSPS) is 10.5. The van der Waals surface area contributed by atoms with Crippen molar-refractivity contribution in [1.82, 2.24) is 14.8 Å². The maximum atomic E-state index is 11.0. The Bertz CT molecular complexity index is 654. The number of rotatable bonds is 3. The van der Waals surface area contributed by atoms with Crippen LogP contribution in [0.5, 0.6) is 5.75 Å². The first-order valence-corrected chi connectivity index (χ1v) is 6.13. The van der Waals surface area contributed by atoms with E-state index in [1.165, 1.54) is 7.11 Å². The molecule has 7 nitrogen and oxygen atoms in total. The van der Waals surface area contributed by atoms with Crippen molar-refractivity contribution in [3.05, 3.63) is 32.4 Å². The molecule has 100 valence electrons. The fraction of sp³-hybridized carbons (Fsp3) is 0.273. The van der Waals surface area contributed by atoms with Gasteiger partial charge in [0.1, 0.15) is 10.3 Å². The summed E-state index contributed by atoms with van der Waals surface area (Å²) in [5.74, 6) is -0.121. The Balaban J connectivity index is 2.66. The molecule has 0 aliphatic heterocycles. The molecule has 2 rings (SSSR count). The first kappa shape index (κ1) is 13.5. The Kier molecular flexibility index (Phi) is 3.52. The molecule has 0 atom stereocenters. The van der Waals surface area contributed by atoms with Gasteiger partial charge in [-0.1, -0.05) is 0 Å². The van der Waals surface area contributed by atoms with E-state index in [9.17, 15) is 10.1 Å². The highest BCUT2D eigenvalue weighted by Crippen LogP contribution is 2.32. The van der Waals surface area contributed by atoms with Gasteiger partial charge in [0.15, 0.2) is 0 Å². The lowest BCUT2D eigenvalue weighted by Crippen LogP contribution is -2.02. The summed E-state index contributed by atoms with van der Waals surface area (Å²) >= 11 is 3.26. The smallest absolute Gasteiger partial charge is 0.407 e. The van der Waals surface area contributed by atoms with Gasteiger partial charge in [0.2, 0.25) is 11.4 Å². The number of hydrogen-bond donors (Lipinski definition) is 0. The van der Waals surface area contributed by atoms with E-state index in [4.69, 9.17) is 4.74 Å². The van der Waals surface area contributed by atoms with Crippen LogP contribution < -0.4 is 4.74 Å². The molecule has 0 aliphatic carbocycles. The summed E-state index contributed by atoms with van der Waals surface area (Å²) in [5, 5.41) is 15.2. The molecular formula is C11H11BrN4O3. The first-order chi connectivity index (χ1) is 8.93. The Morgan fingerprint density at radius 1 is 1.47 bits per heavy atom. The molecular weight excluding hydrogens is 316 g/mol. The molecule has 0 spiro atoms. The van der Waals surface area contributed by atoms with E-state index in [0.717, 1.165) is 0 Å². The number of nitrogens with zero attached hydrogens (tertiary/aromatic N) is 4. The van der Waals surface area contributed by atoms with Gasteiger partial charge in [-0.05, 0) is 38.8 Å². The minimum absolute atomic E-state index is 0.176. The molecule has 0 saturated heterocycles. The second-order valence-electron chi connectivity index (χ2n) is 3.91. The van der Waals surface area contributed by atoms with Gasteiger partial charge in [0.25, 0.3) is 0 Å². The number of aromatic nitrogens is 3. The minimum Gasteiger partial charge on any atom is -0.489 e. The van der Waals surface area contributed by atoms with E-state index in [1.807, 2.05) is 0 Å². The maximum absolute atomic E-state index is 11.0. The van der Waals surface area contributed by atoms with Crippen molar-refractivity contribution in [3.63, 3.8) is 0 Å². The Labute approximate surface area is 117 Å². The fourth-order valence-electron chi connectivity index (χ4n) is 1.82. The van der Waals surface area contributed by atoms with Gasteiger partial charge in [-0.2, -0.15) is 5.10 Å².